The van der Waals surface area contributed by atoms with Crippen LogP contribution in [0, 0.1) is 6.92 Å². The Kier molecular flexibility index (Phi) is 4.29. The molecule has 3 N–H and O–H groups in total. The van der Waals surface area contributed by atoms with Gasteiger partial charge in [-0.3, -0.25) is 4.72 Å². The van der Waals surface area contributed by atoms with Gasteiger partial charge in [0, 0.05) is 5.69 Å². The van der Waals surface area contributed by atoms with Crippen molar-refractivity contribution in [1.82, 2.24) is 0 Å². The van der Waals surface area contributed by atoms with Crippen molar-refractivity contribution in [2.75, 3.05) is 17.6 Å². The second kappa shape index (κ2) is 5.83. The first-order chi connectivity index (χ1) is 9.83. The van der Waals surface area contributed by atoms with Crippen molar-refractivity contribution < 1.29 is 13.2 Å². The summed E-state index contributed by atoms with van der Waals surface area (Å²) in [4.78, 5) is 0.170. The van der Waals surface area contributed by atoms with Gasteiger partial charge in [-0.2, -0.15) is 0 Å². The minimum absolute atomic E-state index is 0.170. The fourth-order valence-electron chi connectivity index (χ4n) is 1.91. The van der Waals surface area contributed by atoms with Crippen LogP contribution < -0.4 is 15.2 Å². The van der Waals surface area contributed by atoms with Crippen LogP contribution in [0.25, 0.3) is 0 Å². The summed E-state index contributed by atoms with van der Waals surface area (Å²) in [6, 6.07) is 9.28. The molecule has 0 heterocycles. The predicted molar refractivity (Wildman–Crippen MR) is 84.4 cm³/mol. The summed E-state index contributed by atoms with van der Waals surface area (Å²) >= 11 is 5.98. The van der Waals surface area contributed by atoms with Crippen molar-refractivity contribution in [2.45, 2.75) is 11.8 Å². The molecule has 0 aliphatic heterocycles. The number of anilines is 2. The quantitative estimate of drug-likeness (QED) is 0.846. The molecule has 5 nitrogen and oxygen atoms in total. The Balaban J connectivity index is 2.35. The molecule has 0 aliphatic rings. The molecule has 2 rings (SSSR count). The smallest absolute Gasteiger partial charge is 0.262 e. The fraction of sp³-hybridized carbons (Fsp3) is 0.143. The molecular formula is C14H15ClN2O3S. The first-order valence-corrected chi connectivity index (χ1v) is 7.92. The van der Waals surface area contributed by atoms with Gasteiger partial charge in [-0.15, -0.1) is 0 Å². The highest BCUT2D eigenvalue weighted by Gasteiger charge is 2.17. The first-order valence-electron chi connectivity index (χ1n) is 6.06. The Labute approximate surface area is 128 Å². The van der Waals surface area contributed by atoms with Crippen LogP contribution in [0.15, 0.2) is 41.3 Å². The lowest BCUT2D eigenvalue weighted by Gasteiger charge is -2.12. The van der Waals surface area contributed by atoms with Crippen LogP contribution in [0.1, 0.15) is 5.56 Å². The minimum atomic E-state index is -3.70. The van der Waals surface area contributed by atoms with Gasteiger partial charge in [0.1, 0.15) is 5.75 Å². The number of nitrogen functional groups attached to an aromatic ring is 1. The highest BCUT2D eigenvalue weighted by molar-refractivity contribution is 7.92. The zero-order valence-electron chi connectivity index (χ0n) is 11.6. The van der Waals surface area contributed by atoms with Gasteiger partial charge in [-0.05, 0) is 48.9 Å². The second-order valence-corrected chi connectivity index (χ2v) is 6.54. The monoisotopic (exact) mass is 326 g/mol. The lowest BCUT2D eigenvalue weighted by atomic mass is 10.2. The zero-order valence-corrected chi connectivity index (χ0v) is 13.1. The van der Waals surface area contributed by atoms with Crippen LogP contribution in [-0.4, -0.2) is 15.5 Å². The fourth-order valence-corrected chi connectivity index (χ4v) is 3.45. The van der Waals surface area contributed by atoms with Crippen molar-refractivity contribution in [3.8, 4) is 5.75 Å². The van der Waals surface area contributed by atoms with E-state index >= 15 is 0 Å². The molecule has 0 bridgehead atoms. The third-order valence-corrected chi connectivity index (χ3v) is 4.73. The molecule has 0 atom stereocenters. The number of hydrogen-bond acceptors (Lipinski definition) is 4. The summed E-state index contributed by atoms with van der Waals surface area (Å²) in [7, 11) is -2.21. The topological polar surface area (TPSA) is 81.4 Å². The van der Waals surface area contributed by atoms with Gasteiger partial charge in [-0.1, -0.05) is 11.6 Å². The molecule has 2 aromatic rings. The summed E-state index contributed by atoms with van der Waals surface area (Å²) in [5.74, 6) is 0.475. The Bertz CT molecular complexity index is 776. The van der Waals surface area contributed by atoms with E-state index in [1.54, 1.807) is 31.2 Å². The van der Waals surface area contributed by atoms with E-state index in [2.05, 4.69) is 4.72 Å². The third-order valence-electron chi connectivity index (χ3n) is 2.89. The van der Waals surface area contributed by atoms with Crippen LogP contribution in [-0.2, 0) is 10.0 Å². The molecule has 112 valence electrons. The maximum absolute atomic E-state index is 12.4. The van der Waals surface area contributed by atoms with Crippen molar-refractivity contribution in [1.29, 1.82) is 0 Å². The van der Waals surface area contributed by atoms with E-state index in [0.29, 0.717) is 27.7 Å². The summed E-state index contributed by atoms with van der Waals surface area (Å²) in [5.41, 5.74) is 7.07. The third kappa shape index (κ3) is 3.40. The molecule has 0 saturated heterocycles. The van der Waals surface area contributed by atoms with Gasteiger partial charge < -0.3 is 10.5 Å². The Morgan fingerprint density at radius 2 is 1.90 bits per heavy atom. The number of methoxy groups -OCH3 is 1. The van der Waals surface area contributed by atoms with Crippen LogP contribution in [0.2, 0.25) is 5.02 Å². The Morgan fingerprint density at radius 3 is 2.48 bits per heavy atom. The molecule has 0 aromatic heterocycles. The maximum Gasteiger partial charge on any atom is 0.262 e. The number of rotatable bonds is 4. The van der Waals surface area contributed by atoms with Gasteiger partial charge in [-0.25, -0.2) is 8.42 Å². The lowest BCUT2D eigenvalue weighted by Crippen LogP contribution is -2.14. The molecule has 0 radical (unpaired) electrons. The average molecular weight is 327 g/mol. The predicted octanol–water partition coefficient (Wildman–Crippen LogP) is 3.04. The van der Waals surface area contributed by atoms with Crippen molar-refractivity contribution in [3.63, 3.8) is 0 Å². The molecule has 0 spiro atoms. The maximum atomic E-state index is 12.4. The van der Waals surface area contributed by atoms with E-state index < -0.39 is 10.0 Å². The number of sulfonamides is 1. The van der Waals surface area contributed by atoms with Crippen molar-refractivity contribution in [2.24, 2.45) is 0 Å². The highest BCUT2D eigenvalue weighted by Crippen LogP contribution is 2.29. The number of benzene rings is 2. The number of nitrogens with two attached hydrogens (primary N) is 1. The average Bonchev–Trinajstić information content (AvgIpc) is 2.37. The van der Waals surface area contributed by atoms with Gasteiger partial charge in [0.2, 0.25) is 0 Å². The number of hydrogen-bond donors (Lipinski definition) is 2. The van der Waals surface area contributed by atoms with Gasteiger partial charge in [0.15, 0.2) is 0 Å². The van der Waals surface area contributed by atoms with Gasteiger partial charge in [0.25, 0.3) is 10.0 Å². The van der Waals surface area contributed by atoms with Crippen LogP contribution in [0.5, 0.6) is 5.75 Å². The van der Waals surface area contributed by atoms with E-state index in [1.807, 2.05) is 0 Å². The number of aryl methyl sites for hydroxylation is 1. The van der Waals surface area contributed by atoms with E-state index in [1.165, 1.54) is 19.2 Å². The molecule has 0 amide bonds. The lowest BCUT2D eigenvalue weighted by molar-refractivity contribution is 0.415. The zero-order chi connectivity index (χ0) is 15.6. The molecule has 7 heteroatoms. The summed E-state index contributed by atoms with van der Waals surface area (Å²) in [6.07, 6.45) is 0. The second-order valence-electron chi connectivity index (χ2n) is 4.48. The van der Waals surface area contributed by atoms with Crippen LogP contribution in [0.3, 0.4) is 0 Å². The molecule has 0 aliphatic carbocycles. The van der Waals surface area contributed by atoms with E-state index in [9.17, 15) is 8.42 Å². The number of halogens is 1. The summed E-state index contributed by atoms with van der Waals surface area (Å²) < 4.78 is 32.2. The molecule has 21 heavy (non-hydrogen) atoms. The number of nitrogens with one attached hydrogen (secondary N) is 1. The van der Waals surface area contributed by atoms with Crippen molar-refractivity contribution in [3.05, 3.63) is 47.0 Å². The minimum Gasteiger partial charge on any atom is -0.495 e. The number of ether oxygens (including phenoxy) is 1. The van der Waals surface area contributed by atoms with Crippen LogP contribution in [0.4, 0.5) is 11.4 Å². The van der Waals surface area contributed by atoms with Crippen LogP contribution >= 0.6 is 11.6 Å². The first kappa shape index (κ1) is 15.5. The molecule has 0 unspecified atom stereocenters. The summed E-state index contributed by atoms with van der Waals surface area (Å²) in [6.45, 7) is 1.69. The summed E-state index contributed by atoms with van der Waals surface area (Å²) in [5, 5.41) is 0.326. The normalized spacial score (nSPS) is 11.2. The molecule has 2 aromatic carbocycles. The van der Waals surface area contributed by atoms with Gasteiger partial charge >= 0.3 is 0 Å². The highest BCUT2D eigenvalue weighted by atomic mass is 35.5. The molecule has 0 saturated carbocycles. The van der Waals surface area contributed by atoms with Gasteiger partial charge in [0.05, 0.1) is 22.7 Å². The largest absolute Gasteiger partial charge is 0.495 e. The van der Waals surface area contributed by atoms with E-state index in [4.69, 9.17) is 22.1 Å². The van der Waals surface area contributed by atoms with E-state index in [0.717, 1.165) is 0 Å². The molecule has 0 fully saturated rings. The Morgan fingerprint density at radius 1 is 1.19 bits per heavy atom. The Hall–Kier alpha value is -1.92. The van der Waals surface area contributed by atoms with E-state index in [-0.39, 0.29) is 4.90 Å². The molecular weight excluding hydrogens is 312 g/mol. The van der Waals surface area contributed by atoms with Crippen molar-refractivity contribution >= 4 is 33.0 Å². The standard InChI is InChI=1S/C14H15ClN2O3S/c1-9-7-10(16)3-6-14(9)21(18,19)17-11-4-5-13(20-2)12(15)8-11/h3-8,17H,16H2,1-2H3. The SMILES string of the molecule is COc1ccc(NS(=O)(=O)c2ccc(N)cc2C)cc1Cl.